The first-order chi connectivity index (χ1) is 7.18. The quantitative estimate of drug-likeness (QED) is 0.807. The van der Waals surface area contributed by atoms with Crippen molar-refractivity contribution in [2.45, 2.75) is 24.9 Å². The molecule has 82 valence electrons. The Morgan fingerprint density at radius 2 is 2.07 bits per heavy atom. The zero-order chi connectivity index (χ0) is 10.7. The van der Waals surface area contributed by atoms with E-state index in [1.165, 1.54) is 0 Å². The fourth-order valence-corrected chi connectivity index (χ4v) is 2.21. The van der Waals surface area contributed by atoms with Crippen molar-refractivity contribution in [1.82, 2.24) is 5.32 Å². The molecular weight excluding hydrogens is 210 g/mol. The lowest BCUT2D eigenvalue weighted by atomic mass is 9.88. The van der Waals surface area contributed by atoms with Gasteiger partial charge in [-0.1, -0.05) is 23.7 Å². The van der Waals surface area contributed by atoms with Crippen LogP contribution in [-0.4, -0.2) is 23.8 Å². The van der Waals surface area contributed by atoms with Crippen molar-refractivity contribution in [3.63, 3.8) is 0 Å². The fourth-order valence-electron chi connectivity index (χ4n) is 2.09. The maximum atomic E-state index is 10.3. The lowest BCUT2D eigenvalue weighted by Crippen LogP contribution is -2.47. The van der Waals surface area contributed by atoms with Gasteiger partial charge >= 0.3 is 0 Å². The molecule has 1 fully saturated rings. The average molecular weight is 226 g/mol. The fraction of sp³-hybridized carbons (Fsp3) is 0.500. The van der Waals surface area contributed by atoms with Crippen molar-refractivity contribution in [2.24, 2.45) is 0 Å². The van der Waals surface area contributed by atoms with Crippen molar-refractivity contribution < 1.29 is 5.11 Å². The van der Waals surface area contributed by atoms with Gasteiger partial charge in [-0.25, -0.2) is 0 Å². The Bertz CT molecular complexity index is 317. The molecule has 1 heterocycles. The third-order valence-corrected chi connectivity index (χ3v) is 3.15. The molecule has 15 heavy (non-hydrogen) atoms. The van der Waals surface area contributed by atoms with E-state index < -0.39 is 5.60 Å². The molecule has 1 unspecified atom stereocenters. The highest BCUT2D eigenvalue weighted by molar-refractivity contribution is 6.30. The molecule has 0 saturated carbocycles. The van der Waals surface area contributed by atoms with Crippen LogP contribution >= 0.6 is 11.6 Å². The van der Waals surface area contributed by atoms with Crippen LogP contribution in [0.3, 0.4) is 0 Å². The predicted octanol–water partition coefficient (Wildman–Crippen LogP) is 2.00. The Morgan fingerprint density at radius 3 is 2.67 bits per heavy atom. The number of β-amino-alcohol motifs (C(OH)–C–C–N with tert-alkyl or cyclic N) is 1. The third kappa shape index (κ3) is 2.94. The monoisotopic (exact) mass is 225 g/mol. The van der Waals surface area contributed by atoms with Gasteiger partial charge in [-0.3, -0.25) is 0 Å². The van der Waals surface area contributed by atoms with Crippen molar-refractivity contribution >= 4 is 11.6 Å². The second-order valence-corrected chi connectivity index (χ2v) is 4.74. The van der Waals surface area contributed by atoms with Gasteiger partial charge in [0.1, 0.15) is 0 Å². The standard InChI is InChI=1S/C12H16ClNO/c13-11-4-2-10(3-5-11)8-12(15)6-1-7-14-9-12/h2-5,14-15H,1,6-9H2. The van der Waals surface area contributed by atoms with E-state index in [1.807, 2.05) is 24.3 Å². The first-order valence-corrected chi connectivity index (χ1v) is 5.73. The summed E-state index contributed by atoms with van der Waals surface area (Å²) in [4.78, 5) is 0. The molecule has 1 saturated heterocycles. The van der Waals surface area contributed by atoms with Gasteiger partial charge in [-0.2, -0.15) is 0 Å². The minimum atomic E-state index is -0.577. The number of benzene rings is 1. The second kappa shape index (κ2) is 4.52. The predicted molar refractivity (Wildman–Crippen MR) is 62.2 cm³/mol. The number of hydrogen-bond acceptors (Lipinski definition) is 2. The number of aliphatic hydroxyl groups is 1. The number of hydrogen-bond donors (Lipinski definition) is 2. The smallest absolute Gasteiger partial charge is 0.0812 e. The molecule has 0 aliphatic carbocycles. The largest absolute Gasteiger partial charge is 0.388 e. The van der Waals surface area contributed by atoms with Gasteiger partial charge in [0.15, 0.2) is 0 Å². The summed E-state index contributed by atoms with van der Waals surface area (Å²) in [6, 6.07) is 7.71. The van der Waals surface area contributed by atoms with Crippen LogP contribution in [0.15, 0.2) is 24.3 Å². The van der Waals surface area contributed by atoms with E-state index in [0.717, 1.165) is 30.0 Å². The van der Waals surface area contributed by atoms with Gasteiger partial charge in [-0.05, 0) is 37.1 Å². The van der Waals surface area contributed by atoms with Crippen LogP contribution < -0.4 is 5.32 Å². The average Bonchev–Trinajstić information content (AvgIpc) is 2.22. The maximum Gasteiger partial charge on any atom is 0.0812 e. The highest BCUT2D eigenvalue weighted by atomic mass is 35.5. The number of halogens is 1. The van der Waals surface area contributed by atoms with Crippen LogP contribution in [0.5, 0.6) is 0 Å². The Balaban J connectivity index is 2.03. The second-order valence-electron chi connectivity index (χ2n) is 4.31. The first-order valence-electron chi connectivity index (χ1n) is 5.36. The van der Waals surface area contributed by atoms with Crippen LogP contribution in [0, 0.1) is 0 Å². The molecule has 0 aromatic heterocycles. The minimum absolute atomic E-state index is 0.577. The van der Waals surface area contributed by atoms with Crippen molar-refractivity contribution in [3.05, 3.63) is 34.9 Å². The summed E-state index contributed by atoms with van der Waals surface area (Å²) in [5.74, 6) is 0. The van der Waals surface area contributed by atoms with Gasteiger partial charge in [0.25, 0.3) is 0 Å². The molecule has 1 aliphatic rings. The third-order valence-electron chi connectivity index (χ3n) is 2.90. The summed E-state index contributed by atoms with van der Waals surface area (Å²) in [6.45, 7) is 1.71. The van der Waals surface area contributed by atoms with Crippen LogP contribution in [0.2, 0.25) is 5.02 Å². The number of rotatable bonds is 2. The Labute approximate surface area is 95.3 Å². The normalized spacial score (nSPS) is 26.5. The molecule has 2 N–H and O–H groups in total. The van der Waals surface area contributed by atoms with Gasteiger partial charge < -0.3 is 10.4 Å². The maximum absolute atomic E-state index is 10.3. The number of piperidine rings is 1. The summed E-state index contributed by atoms with van der Waals surface area (Å²) in [7, 11) is 0. The van der Waals surface area contributed by atoms with E-state index in [4.69, 9.17) is 11.6 Å². The summed E-state index contributed by atoms with van der Waals surface area (Å²) in [5.41, 5.74) is 0.567. The van der Waals surface area contributed by atoms with Gasteiger partial charge in [0, 0.05) is 18.0 Å². The van der Waals surface area contributed by atoms with E-state index >= 15 is 0 Å². The first kappa shape index (κ1) is 10.9. The molecule has 2 rings (SSSR count). The molecule has 1 aromatic carbocycles. The summed E-state index contributed by atoms with van der Waals surface area (Å²) >= 11 is 5.81. The van der Waals surface area contributed by atoms with E-state index in [2.05, 4.69) is 5.32 Å². The Morgan fingerprint density at radius 1 is 1.33 bits per heavy atom. The van der Waals surface area contributed by atoms with Crippen LogP contribution in [0.4, 0.5) is 0 Å². The lowest BCUT2D eigenvalue weighted by molar-refractivity contribution is 0.0169. The molecule has 2 nitrogen and oxygen atoms in total. The zero-order valence-electron chi connectivity index (χ0n) is 8.67. The molecule has 1 atom stereocenters. The van der Waals surface area contributed by atoms with Crippen LogP contribution in [0.25, 0.3) is 0 Å². The van der Waals surface area contributed by atoms with E-state index in [-0.39, 0.29) is 0 Å². The topological polar surface area (TPSA) is 32.3 Å². The summed E-state index contributed by atoms with van der Waals surface area (Å²) < 4.78 is 0. The SMILES string of the molecule is OC1(Cc2ccc(Cl)cc2)CCCNC1. The van der Waals surface area contributed by atoms with Gasteiger partial charge in [0.2, 0.25) is 0 Å². The van der Waals surface area contributed by atoms with E-state index in [1.54, 1.807) is 0 Å². The van der Waals surface area contributed by atoms with Crippen LogP contribution in [0.1, 0.15) is 18.4 Å². The minimum Gasteiger partial charge on any atom is -0.388 e. The Hall–Kier alpha value is -0.570. The molecule has 3 heteroatoms. The van der Waals surface area contributed by atoms with Crippen molar-refractivity contribution in [2.75, 3.05) is 13.1 Å². The van der Waals surface area contributed by atoms with E-state index in [9.17, 15) is 5.11 Å². The molecule has 0 radical (unpaired) electrons. The lowest BCUT2D eigenvalue weighted by Gasteiger charge is -2.32. The van der Waals surface area contributed by atoms with Crippen molar-refractivity contribution in [1.29, 1.82) is 0 Å². The molecule has 1 aliphatic heterocycles. The van der Waals surface area contributed by atoms with Crippen molar-refractivity contribution in [3.8, 4) is 0 Å². The number of nitrogens with one attached hydrogen (secondary N) is 1. The van der Waals surface area contributed by atoms with E-state index in [0.29, 0.717) is 13.0 Å². The molecule has 0 bridgehead atoms. The van der Waals surface area contributed by atoms with Crippen LogP contribution in [-0.2, 0) is 6.42 Å². The summed E-state index contributed by atoms with van der Waals surface area (Å²) in [5, 5.41) is 14.3. The molecule has 1 aromatic rings. The van der Waals surface area contributed by atoms with Gasteiger partial charge in [-0.15, -0.1) is 0 Å². The van der Waals surface area contributed by atoms with Gasteiger partial charge in [0.05, 0.1) is 5.60 Å². The molecule has 0 spiro atoms. The highest BCUT2D eigenvalue weighted by Gasteiger charge is 2.28. The Kier molecular flexibility index (Phi) is 3.29. The molecule has 0 amide bonds. The molecular formula is C12H16ClNO. The highest BCUT2D eigenvalue weighted by Crippen LogP contribution is 2.22. The summed E-state index contributed by atoms with van der Waals surface area (Å²) in [6.07, 6.45) is 2.63. The zero-order valence-corrected chi connectivity index (χ0v) is 9.43.